The van der Waals surface area contributed by atoms with Crippen LogP contribution in [0.25, 0.3) is 0 Å². The lowest BCUT2D eigenvalue weighted by atomic mass is 10.1. The third-order valence-corrected chi connectivity index (χ3v) is 3.00. The van der Waals surface area contributed by atoms with E-state index < -0.39 is 0 Å². The van der Waals surface area contributed by atoms with Crippen molar-refractivity contribution in [3.8, 4) is 0 Å². The molecule has 0 unspecified atom stereocenters. The number of benzene rings is 1. The van der Waals surface area contributed by atoms with Crippen LogP contribution < -0.4 is 10.2 Å². The second-order valence-electron chi connectivity index (χ2n) is 4.56. The number of nitrogens with one attached hydrogen (secondary N) is 1. The Bertz CT molecular complexity index is 528. The van der Waals surface area contributed by atoms with E-state index in [2.05, 4.69) is 65.9 Å². The fourth-order valence-electron chi connectivity index (χ4n) is 1.99. The molecule has 0 aliphatic heterocycles. The topological polar surface area (TPSA) is 33.1 Å². The molecule has 1 aromatic carbocycles. The zero-order chi connectivity index (χ0) is 13.1. The highest BCUT2D eigenvalue weighted by molar-refractivity contribution is 5.65. The minimum atomic E-state index is 0.881. The first-order chi connectivity index (χ1) is 8.61. The van der Waals surface area contributed by atoms with Crippen LogP contribution >= 0.6 is 0 Å². The number of hydrogen-bond acceptors (Lipinski definition) is 3. The van der Waals surface area contributed by atoms with E-state index >= 15 is 0 Å². The molecule has 4 nitrogen and oxygen atoms in total. The molecular formula is C14H20N4. The monoisotopic (exact) mass is 244 g/mol. The van der Waals surface area contributed by atoms with Crippen LogP contribution in [0.1, 0.15) is 12.5 Å². The maximum absolute atomic E-state index is 4.32. The van der Waals surface area contributed by atoms with Crippen molar-refractivity contribution in [2.24, 2.45) is 0 Å². The van der Waals surface area contributed by atoms with Crippen LogP contribution in [0.4, 0.5) is 17.3 Å². The van der Waals surface area contributed by atoms with Crippen LogP contribution in [0.5, 0.6) is 0 Å². The summed E-state index contributed by atoms with van der Waals surface area (Å²) in [6.45, 7) is 5.13. The number of aromatic nitrogens is 2. The Morgan fingerprint density at radius 3 is 2.78 bits per heavy atom. The number of hydrogen-bond donors (Lipinski definition) is 1. The minimum Gasteiger partial charge on any atom is -0.377 e. The molecule has 0 atom stereocenters. The molecule has 1 N–H and O–H groups in total. The normalized spacial score (nSPS) is 10.4. The third kappa shape index (κ3) is 2.47. The summed E-state index contributed by atoms with van der Waals surface area (Å²) < 4.78 is 2.08. The van der Waals surface area contributed by atoms with Gasteiger partial charge in [-0.25, -0.2) is 4.98 Å². The van der Waals surface area contributed by atoms with E-state index in [-0.39, 0.29) is 0 Å². The van der Waals surface area contributed by atoms with Gasteiger partial charge in [-0.3, -0.25) is 0 Å². The third-order valence-electron chi connectivity index (χ3n) is 3.00. The largest absolute Gasteiger partial charge is 0.377 e. The fraction of sp³-hybridized carbons (Fsp3) is 0.357. The lowest BCUT2D eigenvalue weighted by Crippen LogP contribution is -2.10. The molecule has 1 aromatic heterocycles. The van der Waals surface area contributed by atoms with Crippen molar-refractivity contribution in [3.05, 3.63) is 36.2 Å². The lowest BCUT2D eigenvalue weighted by Gasteiger charge is -2.17. The molecule has 0 fully saturated rings. The zero-order valence-electron chi connectivity index (χ0n) is 11.4. The highest BCUT2D eigenvalue weighted by Crippen LogP contribution is 2.24. The van der Waals surface area contributed by atoms with Crippen molar-refractivity contribution in [1.82, 2.24) is 9.55 Å². The van der Waals surface area contributed by atoms with Crippen LogP contribution in [-0.2, 0) is 6.54 Å². The molecule has 0 aliphatic carbocycles. The lowest BCUT2D eigenvalue weighted by molar-refractivity contribution is 0.772. The summed E-state index contributed by atoms with van der Waals surface area (Å²) in [6, 6.07) is 6.35. The van der Waals surface area contributed by atoms with Crippen LogP contribution in [0.15, 0.2) is 30.6 Å². The molecule has 0 bridgehead atoms. The summed E-state index contributed by atoms with van der Waals surface area (Å²) in [4.78, 5) is 6.44. The van der Waals surface area contributed by atoms with E-state index in [0.717, 1.165) is 18.2 Å². The average Bonchev–Trinajstić information content (AvgIpc) is 2.78. The predicted octanol–water partition coefficient (Wildman–Crippen LogP) is 3.02. The Morgan fingerprint density at radius 1 is 1.33 bits per heavy atom. The Morgan fingerprint density at radius 2 is 2.11 bits per heavy atom. The standard InChI is InChI=1S/C14H20N4/c1-5-18-9-8-15-14(18)16-12-7-6-11(2)13(10-12)17(3)4/h6-10H,5H2,1-4H3,(H,15,16). The summed E-state index contributed by atoms with van der Waals surface area (Å²) in [5.41, 5.74) is 3.55. The Kier molecular flexibility index (Phi) is 3.55. The Balaban J connectivity index is 2.27. The quantitative estimate of drug-likeness (QED) is 0.897. The molecule has 0 spiro atoms. The molecule has 96 valence electrons. The summed E-state index contributed by atoms with van der Waals surface area (Å²) in [7, 11) is 4.11. The summed E-state index contributed by atoms with van der Waals surface area (Å²) in [6.07, 6.45) is 3.79. The summed E-state index contributed by atoms with van der Waals surface area (Å²) in [5.74, 6) is 0.881. The van der Waals surface area contributed by atoms with Gasteiger partial charge in [0.25, 0.3) is 0 Å². The first kappa shape index (κ1) is 12.5. The molecule has 1 heterocycles. The van der Waals surface area contributed by atoms with Gasteiger partial charge >= 0.3 is 0 Å². The van der Waals surface area contributed by atoms with Gasteiger partial charge in [0.1, 0.15) is 0 Å². The van der Waals surface area contributed by atoms with Gasteiger partial charge in [0, 0.05) is 44.4 Å². The summed E-state index contributed by atoms with van der Waals surface area (Å²) in [5, 5.41) is 3.35. The highest BCUT2D eigenvalue weighted by Gasteiger charge is 2.05. The Hall–Kier alpha value is -1.97. The first-order valence-corrected chi connectivity index (χ1v) is 6.18. The second kappa shape index (κ2) is 5.12. The second-order valence-corrected chi connectivity index (χ2v) is 4.56. The fourth-order valence-corrected chi connectivity index (χ4v) is 1.99. The SMILES string of the molecule is CCn1ccnc1Nc1ccc(C)c(N(C)C)c1. The van der Waals surface area contributed by atoms with Crippen molar-refractivity contribution in [2.45, 2.75) is 20.4 Å². The highest BCUT2D eigenvalue weighted by atomic mass is 15.2. The van der Waals surface area contributed by atoms with Crippen LogP contribution in [0, 0.1) is 6.92 Å². The van der Waals surface area contributed by atoms with Crippen LogP contribution in [0.2, 0.25) is 0 Å². The van der Waals surface area contributed by atoms with Crippen LogP contribution in [-0.4, -0.2) is 23.6 Å². The number of imidazole rings is 1. The molecule has 0 saturated heterocycles. The van der Waals surface area contributed by atoms with Crippen LogP contribution in [0.3, 0.4) is 0 Å². The zero-order valence-corrected chi connectivity index (χ0v) is 11.4. The van der Waals surface area contributed by atoms with E-state index in [0.29, 0.717) is 0 Å². The Labute approximate surface area is 108 Å². The summed E-state index contributed by atoms with van der Waals surface area (Å²) >= 11 is 0. The number of anilines is 3. The molecule has 0 aliphatic rings. The predicted molar refractivity (Wildman–Crippen MR) is 76.7 cm³/mol. The van der Waals surface area contributed by atoms with Crippen molar-refractivity contribution < 1.29 is 0 Å². The van der Waals surface area contributed by atoms with Crippen molar-refractivity contribution in [2.75, 3.05) is 24.3 Å². The molecular weight excluding hydrogens is 224 g/mol. The number of aryl methyl sites for hydroxylation is 2. The van der Waals surface area contributed by atoms with E-state index in [1.807, 2.05) is 12.4 Å². The number of rotatable bonds is 4. The van der Waals surface area contributed by atoms with E-state index in [9.17, 15) is 0 Å². The maximum atomic E-state index is 4.32. The van der Waals surface area contributed by atoms with Gasteiger partial charge in [-0.15, -0.1) is 0 Å². The van der Waals surface area contributed by atoms with Gasteiger partial charge < -0.3 is 14.8 Å². The smallest absolute Gasteiger partial charge is 0.207 e. The van der Waals surface area contributed by atoms with E-state index in [1.54, 1.807) is 0 Å². The van der Waals surface area contributed by atoms with Gasteiger partial charge in [0.05, 0.1) is 0 Å². The molecule has 4 heteroatoms. The molecule has 2 aromatic rings. The van der Waals surface area contributed by atoms with Crippen molar-refractivity contribution in [3.63, 3.8) is 0 Å². The molecule has 0 saturated carbocycles. The van der Waals surface area contributed by atoms with E-state index in [4.69, 9.17) is 0 Å². The van der Waals surface area contributed by atoms with E-state index in [1.165, 1.54) is 11.3 Å². The maximum Gasteiger partial charge on any atom is 0.207 e. The van der Waals surface area contributed by atoms with Crippen molar-refractivity contribution in [1.29, 1.82) is 0 Å². The van der Waals surface area contributed by atoms with Gasteiger partial charge in [-0.05, 0) is 31.5 Å². The average molecular weight is 244 g/mol. The molecule has 0 radical (unpaired) electrons. The first-order valence-electron chi connectivity index (χ1n) is 6.18. The number of nitrogens with zero attached hydrogens (tertiary/aromatic N) is 3. The van der Waals surface area contributed by atoms with Gasteiger partial charge in [-0.2, -0.15) is 0 Å². The van der Waals surface area contributed by atoms with Gasteiger partial charge in [0.15, 0.2) is 0 Å². The molecule has 2 rings (SSSR count). The van der Waals surface area contributed by atoms with Gasteiger partial charge in [-0.1, -0.05) is 6.07 Å². The van der Waals surface area contributed by atoms with Gasteiger partial charge in [0.2, 0.25) is 5.95 Å². The van der Waals surface area contributed by atoms with Crippen molar-refractivity contribution >= 4 is 17.3 Å². The minimum absolute atomic E-state index is 0.881. The molecule has 18 heavy (non-hydrogen) atoms. The molecule has 0 amide bonds.